The van der Waals surface area contributed by atoms with Crippen LogP contribution in [-0.4, -0.2) is 9.38 Å². The molecule has 2 heteroatoms. The van der Waals surface area contributed by atoms with Gasteiger partial charge in [0.15, 0.2) is 0 Å². The van der Waals surface area contributed by atoms with E-state index >= 15 is 0 Å². The number of fused-ring (bicyclic) bond motifs is 1. The quantitative estimate of drug-likeness (QED) is 0.625. The first-order chi connectivity index (χ1) is 5.81. The van der Waals surface area contributed by atoms with Crippen molar-refractivity contribution < 1.29 is 0 Å². The average molecular weight is 160 g/mol. The normalized spacial score (nSPS) is 10.8. The fourth-order valence-corrected chi connectivity index (χ4v) is 1.50. The lowest BCUT2D eigenvalue weighted by atomic mass is 10.3. The molecule has 0 unspecified atom stereocenters. The molecule has 2 heterocycles. The zero-order valence-corrected chi connectivity index (χ0v) is 7.41. The molecule has 0 aliphatic heterocycles. The highest BCUT2D eigenvalue weighted by molar-refractivity contribution is 5.48. The Labute approximate surface area is 71.9 Å². The highest BCUT2D eigenvalue weighted by atomic mass is 15.0. The number of rotatable bonds is 1. The van der Waals surface area contributed by atoms with Gasteiger partial charge in [0, 0.05) is 23.8 Å². The maximum atomic E-state index is 4.46. The van der Waals surface area contributed by atoms with Gasteiger partial charge >= 0.3 is 0 Å². The van der Waals surface area contributed by atoms with Crippen molar-refractivity contribution in [3.8, 4) is 0 Å². The van der Waals surface area contributed by atoms with E-state index < -0.39 is 0 Å². The molecule has 0 amide bonds. The van der Waals surface area contributed by atoms with Gasteiger partial charge in [0.05, 0.1) is 0 Å². The second-order valence-corrected chi connectivity index (χ2v) is 2.97. The van der Waals surface area contributed by atoms with Crippen molar-refractivity contribution in [1.82, 2.24) is 9.38 Å². The molecule has 0 spiro atoms. The molecule has 0 fully saturated rings. The number of aryl methyl sites for hydroxylation is 2. The van der Waals surface area contributed by atoms with Gasteiger partial charge in [-0.1, -0.05) is 6.92 Å². The van der Waals surface area contributed by atoms with E-state index in [0.29, 0.717) is 0 Å². The molecule has 62 valence electrons. The van der Waals surface area contributed by atoms with E-state index in [9.17, 15) is 0 Å². The summed E-state index contributed by atoms with van der Waals surface area (Å²) in [7, 11) is 0. The molecule has 2 aromatic rings. The van der Waals surface area contributed by atoms with E-state index in [-0.39, 0.29) is 0 Å². The third-order valence-corrected chi connectivity index (χ3v) is 2.04. The number of nitrogens with zero attached hydrogens (tertiary/aromatic N) is 2. The number of hydrogen-bond donors (Lipinski definition) is 0. The standard InChI is InChI=1S/C10H12N2/c1-3-10-11-8(2)7-9-5-4-6-12(9)10/h4-7H,3H2,1-2H3. The Balaban J connectivity index is 2.80. The van der Waals surface area contributed by atoms with E-state index in [1.807, 2.05) is 6.92 Å². The predicted octanol–water partition coefficient (Wildman–Crippen LogP) is 2.21. The molecule has 2 nitrogen and oxygen atoms in total. The summed E-state index contributed by atoms with van der Waals surface area (Å²) in [6.07, 6.45) is 3.04. The lowest BCUT2D eigenvalue weighted by molar-refractivity contribution is 0.883. The maximum Gasteiger partial charge on any atom is 0.113 e. The van der Waals surface area contributed by atoms with Crippen LogP contribution in [0.25, 0.3) is 5.52 Å². The van der Waals surface area contributed by atoms with Crippen LogP contribution >= 0.6 is 0 Å². The highest BCUT2D eigenvalue weighted by Crippen LogP contribution is 2.08. The van der Waals surface area contributed by atoms with Crippen LogP contribution in [0.5, 0.6) is 0 Å². The van der Waals surface area contributed by atoms with Crippen LogP contribution in [0, 0.1) is 6.92 Å². The third-order valence-electron chi connectivity index (χ3n) is 2.04. The van der Waals surface area contributed by atoms with E-state index in [1.165, 1.54) is 5.52 Å². The fraction of sp³-hybridized carbons (Fsp3) is 0.300. The van der Waals surface area contributed by atoms with E-state index in [4.69, 9.17) is 0 Å². The first-order valence-electron chi connectivity index (χ1n) is 4.25. The molecule has 2 aromatic heterocycles. The van der Waals surface area contributed by atoms with Crippen molar-refractivity contribution in [1.29, 1.82) is 0 Å². The highest BCUT2D eigenvalue weighted by Gasteiger charge is 1.99. The van der Waals surface area contributed by atoms with Crippen LogP contribution in [0.4, 0.5) is 0 Å². The van der Waals surface area contributed by atoms with Crippen LogP contribution in [0.3, 0.4) is 0 Å². The second kappa shape index (κ2) is 2.63. The van der Waals surface area contributed by atoms with Crippen LogP contribution in [0.2, 0.25) is 0 Å². The van der Waals surface area contributed by atoms with Crippen LogP contribution in [0.1, 0.15) is 18.4 Å². The second-order valence-electron chi connectivity index (χ2n) is 2.97. The van der Waals surface area contributed by atoms with Gasteiger partial charge in [-0.3, -0.25) is 0 Å². The van der Waals surface area contributed by atoms with Gasteiger partial charge < -0.3 is 4.40 Å². The van der Waals surface area contributed by atoms with Crippen LogP contribution < -0.4 is 0 Å². The lowest BCUT2D eigenvalue weighted by Gasteiger charge is -2.03. The van der Waals surface area contributed by atoms with E-state index in [2.05, 4.69) is 40.7 Å². The van der Waals surface area contributed by atoms with E-state index in [0.717, 1.165) is 17.9 Å². The zero-order valence-electron chi connectivity index (χ0n) is 7.41. The fourth-order valence-electron chi connectivity index (χ4n) is 1.50. The minimum atomic E-state index is 0.979. The van der Waals surface area contributed by atoms with Gasteiger partial charge in [-0.2, -0.15) is 0 Å². The molecule has 0 aliphatic rings. The molecule has 0 atom stereocenters. The molecule has 0 saturated heterocycles. The lowest BCUT2D eigenvalue weighted by Crippen LogP contribution is -1.99. The molecule has 0 radical (unpaired) electrons. The minimum Gasteiger partial charge on any atom is -0.305 e. The molecule has 0 bridgehead atoms. The van der Waals surface area contributed by atoms with Gasteiger partial charge in [0.2, 0.25) is 0 Å². The smallest absolute Gasteiger partial charge is 0.113 e. The van der Waals surface area contributed by atoms with Gasteiger partial charge in [0.25, 0.3) is 0 Å². The number of aromatic nitrogens is 2. The number of hydrogen-bond acceptors (Lipinski definition) is 1. The summed E-state index contributed by atoms with van der Waals surface area (Å²) in [5, 5.41) is 0. The van der Waals surface area contributed by atoms with Crippen LogP contribution in [-0.2, 0) is 6.42 Å². The minimum absolute atomic E-state index is 0.979. The molecular formula is C10H12N2. The van der Waals surface area contributed by atoms with Crippen molar-refractivity contribution in [3.05, 3.63) is 35.9 Å². The maximum absolute atomic E-state index is 4.46. The Morgan fingerprint density at radius 1 is 1.50 bits per heavy atom. The summed E-state index contributed by atoms with van der Waals surface area (Å²) in [5.41, 5.74) is 2.33. The summed E-state index contributed by atoms with van der Waals surface area (Å²) >= 11 is 0. The first kappa shape index (κ1) is 7.35. The Morgan fingerprint density at radius 2 is 2.33 bits per heavy atom. The van der Waals surface area contributed by atoms with Gasteiger partial charge in [-0.25, -0.2) is 4.98 Å². The Bertz CT molecular complexity index is 401. The molecule has 0 N–H and O–H groups in total. The molecule has 0 aromatic carbocycles. The van der Waals surface area contributed by atoms with Crippen molar-refractivity contribution in [2.75, 3.05) is 0 Å². The molecule has 12 heavy (non-hydrogen) atoms. The predicted molar refractivity (Wildman–Crippen MR) is 49.3 cm³/mol. The molecular weight excluding hydrogens is 148 g/mol. The third kappa shape index (κ3) is 0.998. The van der Waals surface area contributed by atoms with Crippen molar-refractivity contribution in [3.63, 3.8) is 0 Å². The van der Waals surface area contributed by atoms with Gasteiger partial charge in [-0.05, 0) is 25.1 Å². The summed E-state index contributed by atoms with van der Waals surface area (Å²) in [6.45, 7) is 4.16. The summed E-state index contributed by atoms with van der Waals surface area (Å²) in [6, 6.07) is 6.25. The van der Waals surface area contributed by atoms with Crippen molar-refractivity contribution in [2.45, 2.75) is 20.3 Å². The molecule has 0 saturated carbocycles. The van der Waals surface area contributed by atoms with Gasteiger partial charge in [-0.15, -0.1) is 0 Å². The summed E-state index contributed by atoms with van der Waals surface area (Å²) < 4.78 is 2.13. The van der Waals surface area contributed by atoms with Gasteiger partial charge in [0.1, 0.15) is 5.82 Å². The molecule has 2 rings (SSSR count). The van der Waals surface area contributed by atoms with Crippen molar-refractivity contribution in [2.24, 2.45) is 0 Å². The van der Waals surface area contributed by atoms with E-state index in [1.54, 1.807) is 0 Å². The summed E-state index contributed by atoms with van der Waals surface area (Å²) in [4.78, 5) is 4.46. The Kier molecular flexibility index (Phi) is 1.61. The Morgan fingerprint density at radius 3 is 3.08 bits per heavy atom. The topological polar surface area (TPSA) is 17.3 Å². The summed E-state index contributed by atoms with van der Waals surface area (Å²) in [5.74, 6) is 1.13. The Hall–Kier alpha value is -1.31. The van der Waals surface area contributed by atoms with Crippen molar-refractivity contribution >= 4 is 5.52 Å². The first-order valence-corrected chi connectivity index (χ1v) is 4.25. The zero-order chi connectivity index (χ0) is 8.55. The largest absolute Gasteiger partial charge is 0.305 e. The van der Waals surface area contributed by atoms with Crippen LogP contribution in [0.15, 0.2) is 24.4 Å². The SMILES string of the molecule is CCc1nc(C)cc2cccn12. The average Bonchev–Trinajstić information content (AvgIpc) is 2.50. The molecule has 0 aliphatic carbocycles. The monoisotopic (exact) mass is 160 g/mol.